The van der Waals surface area contributed by atoms with Crippen LogP contribution in [0.3, 0.4) is 0 Å². The van der Waals surface area contributed by atoms with E-state index in [1.165, 1.54) is 28.6 Å². The number of hydrogen-bond acceptors (Lipinski definition) is 6. The molecule has 0 saturated heterocycles. The van der Waals surface area contributed by atoms with Gasteiger partial charge in [-0.1, -0.05) is 38.1 Å². The van der Waals surface area contributed by atoms with E-state index in [1.54, 1.807) is 12.1 Å². The minimum absolute atomic E-state index is 0.0160. The second-order valence-corrected chi connectivity index (χ2v) is 9.91. The van der Waals surface area contributed by atoms with Crippen LogP contribution >= 0.6 is 0 Å². The lowest BCUT2D eigenvalue weighted by atomic mass is 10.1. The fourth-order valence-electron chi connectivity index (χ4n) is 3.36. The molecule has 33 heavy (non-hydrogen) atoms. The van der Waals surface area contributed by atoms with Crippen LogP contribution in [0.4, 0.5) is 10.5 Å². The SMILES string of the molecule is CC(C)CCNC(=O)NC(=O)COC(=O)c1cccc(S(=O)(=O)N2CCc3ccccc32)c1. The molecule has 1 aliphatic rings. The standard InChI is InChI=1S/C23H27N3O6S/c1-16(2)10-12-24-23(29)25-21(27)15-32-22(28)18-7-5-8-19(14-18)33(30,31)26-13-11-17-6-3-4-9-20(17)26/h3-9,14,16H,10-13,15H2,1-2H3,(H2,24,25,27,29). The Morgan fingerprint density at radius 2 is 1.85 bits per heavy atom. The molecule has 0 atom stereocenters. The van der Waals surface area contributed by atoms with Crippen LogP contribution in [0.25, 0.3) is 0 Å². The summed E-state index contributed by atoms with van der Waals surface area (Å²) in [6.07, 6.45) is 1.37. The number of fused-ring (bicyclic) bond motifs is 1. The van der Waals surface area contributed by atoms with Gasteiger partial charge in [0.05, 0.1) is 16.1 Å². The molecule has 0 fully saturated rings. The van der Waals surface area contributed by atoms with Gasteiger partial charge < -0.3 is 10.1 Å². The Hall–Kier alpha value is -3.40. The van der Waals surface area contributed by atoms with Crippen LogP contribution in [0.1, 0.15) is 36.2 Å². The van der Waals surface area contributed by atoms with E-state index in [2.05, 4.69) is 10.6 Å². The topological polar surface area (TPSA) is 122 Å². The number of urea groups is 1. The van der Waals surface area contributed by atoms with Crippen LogP contribution in [0, 0.1) is 5.92 Å². The summed E-state index contributed by atoms with van der Waals surface area (Å²) in [5.41, 5.74) is 1.54. The Bertz CT molecular complexity index is 1150. The predicted molar refractivity (Wildman–Crippen MR) is 122 cm³/mol. The number of imide groups is 1. The third-order valence-electron chi connectivity index (χ3n) is 5.10. The highest BCUT2D eigenvalue weighted by Gasteiger charge is 2.31. The molecule has 3 rings (SSSR count). The van der Waals surface area contributed by atoms with Gasteiger partial charge in [0, 0.05) is 13.1 Å². The number of carbonyl (C=O) groups excluding carboxylic acids is 3. The molecule has 9 nitrogen and oxygen atoms in total. The quantitative estimate of drug-likeness (QED) is 0.568. The number of esters is 1. The molecule has 0 spiro atoms. The van der Waals surface area contributed by atoms with E-state index in [0.29, 0.717) is 31.1 Å². The average molecular weight is 474 g/mol. The number of para-hydroxylation sites is 1. The van der Waals surface area contributed by atoms with Gasteiger partial charge in [0.25, 0.3) is 15.9 Å². The summed E-state index contributed by atoms with van der Waals surface area (Å²) >= 11 is 0. The molecule has 176 valence electrons. The number of nitrogens with one attached hydrogen (secondary N) is 2. The molecule has 3 amide bonds. The molecule has 10 heteroatoms. The van der Waals surface area contributed by atoms with Crippen molar-refractivity contribution in [2.24, 2.45) is 5.92 Å². The van der Waals surface area contributed by atoms with Gasteiger partial charge in [-0.05, 0) is 48.6 Å². The third-order valence-corrected chi connectivity index (χ3v) is 6.91. The summed E-state index contributed by atoms with van der Waals surface area (Å²) in [6, 6.07) is 12.0. The Labute approximate surface area is 193 Å². The first-order valence-electron chi connectivity index (χ1n) is 10.6. The number of amides is 3. The van der Waals surface area contributed by atoms with E-state index in [-0.39, 0.29) is 10.5 Å². The molecule has 0 unspecified atom stereocenters. The maximum Gasteiger partial charge on any atom is 0.338 e. The number of nitrogens with zero attached hydrogens (tertiary/aromatic N) is 1. The van der Waals surface area contributed by atoms with Gasteiger partial charge in [0.2, 0.25) is 0 Å². The molecule has 2 aromatic carbocycles. The second-order valence-electron chi connectivity index (χ2n) is 8.05. The first-order valence-corrected chi connectivity index (χ1v) is 12.1. The zero-order chi connectivity index (χ0) is 24.0. The van der Waals surface area contributed by atoms with Crippen LogP contribution in [0.2, 0.25) is 0 Å². The molecule has 2 N–H and O–H groups in total. The monoisotopic (exact) mass is 473 g/mol. The van der Waals surface area contributed by atoms with E-state index in [9.17, 15) is 22.8 Å². The van der Waals surface area contributed by atoms with Crippen molar-refractivity contribution in [2.45, 2.75) is 31.6 Å². The lowest BCUT2D eigenvalue weighted by Crippen LogP contribution is -2.42. The van der Waals surface area contributed by atoms with Crippen molar-refractivity contribution in [3.8, 4) is 0 Å². The lowest BCUT2D eigenvalue weighted by molar-refractivity contribution is -0.123. The summed E-state index contributed by atoms with van der Waals surface area (Å²) in [4.78, 5) is 35.8. The van der Waals surface area contributed by atoms with Gasteiger partial charge in [-0.15, -0.1) is 0 Å². The van der Waals surface area contributed by atoms with Crippen LogP contribution < -0.4 is 14.9 Å². The molecule has 0 radical (unpaired) electrons. The predicted octanol–water partition coefficient (Wildman–Crippen LogP) is 2.47. The van der Waals surface area contributed by atoms with Crippen molar-refractivity contribution in [3.05, 3.63) is 59.7 Å². The van der Waals surface area contributed by atoms with Gasteiger partial charge in [-0.2, -0.15) is 0 Å². The van der Waals surface area contributed by atoms with Gasteiger partial charge in [0.1, 0.15) is 0 Å². The van der Waals surface area contributed by atoms with Crippen molar-refractivity contribution in [2.75, 3.05) is 24.0 Å². The van der Waals surface area contributed by atoms with Gasteiger partial charge in [-0.3, -0.25) is 14.4 Å². The molecule has 0 aliphatic carbocycles. The van der Waals surface area contributed by atoms with Crippen LogP contribution in [-0.4, -0.2) is 46.0 Å². The molecule has 0 saturated carbocycles. The van der Waals surface area contributed by atoms with Gasteiger partial charge in [0.15, 0.2) is 6.61 Å². The second kappa shape index (κ2) is 10.5. The van der Waals surface area contributed by atoms with Gasteiger partial charge >= 0.3 is 12.0 Å². The zero-order valence-corrected chi connectivity index (χ0v) is 19.4. The summed E-state index contributed by atoms with van der Waals surface area (Å²) in [7, 11) is -3.88. The van der Waals surface area contributed by atoms with Crippen LogP contribution in [0.5, 0.6) is 0 Å². The minimum atomic E-state index is -3.88. The van der Waals surface area contributed by atoms with E-state index >= 15 is 0 Å². The maximum atomic E-state index is 13.2. The summed E-state index contributed by atoms with van der Waals surface area (Å²) in [6.45, 7) is 4.07. The molecular weight excluding hydrogens is 446 g/mol. The molecule has 1 aliphatic heterocycles. The molecule has 1 heterocycles. The number of rotatable bonds is 8. The Morgan fingerprint density at radius 3 is 2.61 bits per heavy atom. The molecule has 0 aromatic heterocycles. The van der Waals surface area contributed by atoms with Crippen molar-refractivity contribution in [3.63, 3.8) is 0 Å². The van der Waals surface area contributed by atoms with Crippen molar-refractivity contribution in [1.82, 2.24) is 10.6 Å². The first-order chi connectivity index (χ1) is 15.7. The molecular formula is C23H27N3O6S. The minimum Gasteiger partial charge on any atom is -0.452 e. The first kappa shape index (κ1) is 24.2. The number of ether oxygens (including phenoxy) is 1. The number of sulfonamides is 1. The normalized spacial score (nSPS) is 12.9. The zero-order valence-electron chi connectivity index (χ0n) is 18.5. The Balaban J connectivity index is 1.60. The van der Waals surface area contributed by atoms with Crippen molar-refractivity contribution < 1.29 is 27.5 Å². The highest BCUT2D eigenvalue weighted by atomic mass is 32.2. The Kier molecular flexibility index (Phi) is 7.70. The average Bonchev–Trinajstić information content (AvgIpc) is 3.22. The molecule has 0 bridgehead atoms. The van der Waals surface area contributed by atoms with Gasteiger partial charge in [-0.25, -0.2) is 18.0 Å². The number of carbonyl (C=O) groups is 3. The number of hydrogen-bond donors (Lipinski definition) is 2. The van der Waals surface area contributed by atoms with Crippen LogP contribution in [-0.2, 0) is 26.0 Å². The fourth-order valence-corrected chi connectivity index (χ4v) is 4.91. The lowest BCUT2D eigenvalue weighted by Gasteiger charge is -2.19. The van der Waals surface area contributed by atoms with E-state index < -0.39 is 34.5 Å². The van der Waals surface area contributed by atoms with Crippen molar-refractivity contribution in [1.29, 1.82) is 0 Å². The Morgan fingerprint density at radius 1 is 1.09 bits per heavy atom. The smallest absolute Gasteiger partial charge is 0.338 e. The highest BCUT2D eigenvalue weighted by molar-refractivity contribution is 7.92. The number of anilines is 1. The number of benzene rings is 2. The molecule has 2 aromatic rings. The van der Waals surface area contributed by atoms with E-state index in [1.807, 2.05) is 26.0 Å². The summed E-state index contributed by atoms with van der Waals surface area (Å²) < 4.78 is 32.6. The largest absolute Gasteiger partial charge is 0.452 e. The maximum absolute atomic E-state index is 13.2. The van der Waals surface area contributed by atoms with E-state index in [4.69, 9.17) is 4.74 Å². The summed E-state index contributed by atoms with van der Waals surface area (Å²) in [5, 5.41) is 4.61. The fraction of sp³-hybridized carbons (Fsp3) is 0.348. The van der Waals surface area contributed by atoms with Crippen molar-refractivity contribution >= 4 is 33.6 Å². The van der Waals surface area contributed by atoms with Crippen LogP contribution in [0.15, 0.2) is 53.4 Å². The highest BCUT2D eigenvalue weighted by Crippen LogP contribution is 2.32. The van der Waals surface area contributed by atoms with E-state index in [0.717, 1.165) is 12.0 Å². The summed E-state index contributed by atoms with van der Waals surface area (Å²) in [5.74, 6) is -1.26. The third kappa shape index (κ3) is 6.10.